The van der Waals surface area contributed by atoms with Gasteiger partial charge in [0.05, 0.1) is 6.61 Å². The number of aromatic nitrogens is 1. The van der Waals surface area contributed by atoms with Gasteiger partial charge in [0.1, 0.15) is 5.15 Å². The molecule has 5 heteroatoms. The Morgan fingerprint density at radius 1 is 1.33 bits per heavy atom. The van der Waals surface area contributed by atoms with Crippen LogP contribution in [0.1, 0.15) is 56.1 Å². The molecule has 0 spiro atoms. The topological polar surface area (TPSA) is 62.2 Å². The Balaban J connectivity index is 2.80. The second-order valence-electron chi connectivity index (χ2n) is 5.47. The smallest absolute Gasteiger partial charge is 0.251 e. The van der Waals surface area contributed by atoms with Gasteiger partial charge < -0.3 is 10.4 Å². The number of carbonyl (C=O) groups is 1. The zero-order chi connectivity index (χ0) is 15.9. The number of nitrogens with one attached hydrogen (secondary N) is 1. The number of hydrogen-bond donors (Lipinski definition) is 2. The highest BCUT2D eigenvalue weighted by molar-refractivity contribution is 6.29. The lowest BCUT2D eigenvalue weighted by Crippen LogP contribution is -2.39. The Labute approximate surface area is 131 Å². The number of nitrogens with zero attached hydrogens (tertiary/aromatic N) is 1. The van der Waals surface area contributed by atoms with Gasteiger partial charge in [-0.05, 0) is 31.4 Å². The van der Waals surface area contributed by atoms with Crippen molar-refractivity contribution in [3.8, 4) is 0 Å². The predicted molar refractivity (Wildman–Crippen MR) is 85.7 cm³/mol. The molecule has 1 amide bonds. The van der Waals surface area contributed by atoms with Crippen LogP contribution in [-0.2, 0) is 6.42 Å². The van der Waals surface area contributed by atoms with Crippen molar-refractivity contribution in [3.63, 3.8) is 0 Å². The first-order valence-corrected chi connectivity index (χ1v) is 7.93. The Bertz CT molecular complexity index is 465. The molecule has 0 atom stereocenters. The monoisotopic (exact) mass is 312 g/mol. The van der Waals surface area contributed by atoms with E-state index in [1.54, 1.807) is 12.1 Å². The number of aliphatic hydroxyl groups excluding tert-OH is 1. The summed E-state index contributed by atoms with van der Waals surface area (Å²) >= 11 is 5.97. The SMILES string of the molecule is CCCc1cc(C(=O)NCC(CC)(CC)CO)cc(Cl)n1. The Morgan fingerprint density at radius 3 is 2.52 bits per heavy atom. The van der Waals surface area contributed by atoms with E-state index in [1.807, 2.05) is 13.8 Å². The molecule has 0 fully saturated rings. The number of carbonyl (C=O) groups excluding carboxylic acids is 1. The normalized spacial score (nSPS) is 11.5. The van der Waals surface area contributed by atoms with Gasteiger partial charge in [0.2, 0.25) is 0 Å². The van der Waals surface area contributed by atoms with Crippen molar-refractivity contribution in [1.29, 1.82) is 0 Å². The fraction of sp³-hybridized carbons (Fsp3) is 0.625. The van der Waals surface area contributed by atoms with Gasteiger partial charge in [-0.25, -0.2) is 4.98 Å². The summed E-state index contributed by atoms with van der Waals surface area (Å²) in [5, 5.41) is 12.8. The van der Waals surface area contributed by atoms with Crippen molar-refractivity contribution in [2.75, 3.05) is 13.2 Å². The number of aliphatic hydroxyl groups is 1. The Hall–Kier alpha value is -1.13. The molecule has 0 unspecified atom stereocenters. The fourth-order valence-corrected chi connectivity index (χ4v) is 2.44. The minimum Gasteiger partial charge on any atom is -0.396 e. The fourth-order valence-electron chi connectivity index (χ4n) is 2.22. The summed E-state index contributed by atoms with van der Waals surface area (Å²) < 4.78 is 0. The summed E-state index contributed by atoms with van der Waals surface area (Å²) in [5.41, 5.74) is 1.10. The van der Waals surface area contributed by atoms with E-state index in [4.69, 9.17) is 11.6 Å². The molecule has 1 heterocycles. The molecule has 1 rings (SSSR count). The zero-order valence-corrected chi connectivity index (χ0v) is 13.8. The molecule has 1 aromatic heterocycles. The van der Waals surface area contributed by atoms with Gasteiger partial charge in [0, 0.05) is 23.2 Å². The standard InChI is InChI=1S/C16H25ClN2O2/c1-4-7-13-8-12(9-14(17)19-13)15(21)18-10-16(5-2,6-3)11-20/h8-9,20H,4-7,10-11H2,1-3H3,(H,18,21). The number of rotatable bonds is 8. The first-order chi connectivity index (χ1) is 10.00. The van der Waals surface area contributed by atoms with Crippen LogP contribution in [0.2, 0.25) is 5.15 Å². The van der Waals surface area contributed by atoms with E-state index in [1.165, 1.54) is 0 Å². The van der Waals surface area contributed by atoms with Crippen LogP contribution in [0, 0.1) is 5.41 Å². The molecule has 21 heavy (non-hydrogen) atoms. The Morgan fingerprint density at radius 2 is 2.00 bits per heavy atom. The van der Waals surface area contributed by atoms with Crippen LogP contribution in [0.15, 0.2) is 12.1 Å². The number of aryl methyl sites for hydroxylation is 1. The van der Waals surface area contributed by atoms with Crippen LogP contribution in [0.25, 0.3) is 0 Å². The molecular formula is C16H25ClN2O2. The van der Waals surface area contributed by atoms with E-state index in [0.29, 0.717) is 17.3 Å². The van der Waals surface area contributed by atoms with Gasteiger partial charge in [-0.1, -0.05) is 38.8 Å². The maximum absolute atomic E-state index is 12.3. The van der Waals surface area contributed by atoms with Crippen LogP contribution < -0.4 is 5.32 Å². The number of halogens is 1. The first kappa shape index (κ1) is 17.9. The van der Waals surface area contributed by atoms with E-state index >= 15 is 0 Å². The summed E-state index contributed by atoms with van der Waals surface area (Å²) in [4.78, 5) is 16.5. The molecule has 0 saturated heterocycles. The van der Waals surface area contributed by atoms with Crippen LogP contribution in [0.4, 0.5) is 0 Å². The third kappa shape index (κ3) is 4.97. The molecule has 0 aliphatic carbocycles. The lowest BCUT2D eigenvalue weighted by atomic mass is 9.83. The van der Waals surface area contributed by atoms with Crippen molar-refractivity contribution in [3.05, 3.63) is 28.5 Å². The van der Waals surface area contributed by atoms with E-state index in [2.05, 4.69) is 17.2 Å². The third-order valence-corrected chi connectivity index (χ3v) is 4.27. The quantitative estimate of drug-likeness (QED) is 0.725. The van der Waals surface area contributed by atoms with Crippen LogP contribution in [0.3, 0.4) is 0 Å². The molecule has 4 nitrogen and oxygen atoms in total. The van der Waals surface area contributed by atoms with E-state index < -0.39 is 0 Å². The number of hydrogen-bond acceptors (Lipinski definition) is 3. The predicted octanol–water partition coefficient (Wildman–Crippen LogP) is 3.22. The van der Waals surface area contributed by atoms with E-state index in [9.17, 15) is 9.90 Å². The highest BCUT2D eigenvalue weighted by Crippen LogP contribution is 2.24. The maximum atomic E-state index is 12.3. The molecule has 0 bridgehead atoms. The second-order valence-corrected chi connectivity index (χ2v) is 5.86. The van der Waals surface area contributed by atoms with Crippen molar-refractivity contribution in [2.45, 2.75) is 46.5 Å². The molecule has 0 aliphatic rings. The average molecular weight is 313 g/mol. The largest absolute Gasteiger partial charge is 0.396 e. The van der Waals surface area contributed by atoms with Crippen molar-refractivity contribution < 1.29 is 9.90 Å². The zero-order valence-electron chi connectivity index (χ0n) is 13.1. The molecular weight excluding hydrogens is 288 g/mol. The van der Waals surface area contributed by atoms with Crippen LogP contribution in [-0.4, -0.2) is 29.1 Å². The number of pyridine rings is 1. The van der Waals surface area contributed by atoms with Gasteiger partial charge in [0.25, 0.3) is 5.91 Å². The Kier molecular flexibility index (Phi) is 7.12. The second kappa shape index (κ2) is 8.35. The molecule has 0 aliphatic heterocycles. The van der Waals surface area contributed by atoms with Gasteiger partial charge in [-0.15, -0.1) is 0 Å². The molecule has 1 aromatic rings. The molecule has 0 radical (unpaired) electrons. The molecule has 2 N–H and O–H groups in total. The van der Waals surface area contributed by atoms with Gasteiger partial charge in [-0.2, -0.15) is 0 Å². The minimum atomic E-state index is -0.251. The lowest BCUT2D eigenvalue weighted by Gasteiger charge is -2.29. The maximum Gasteiger partial charge on any atom is 0.251 e. The minimum absolute atomic E-state index is 0.0679. The van der Waals surface area contributed by atoms with Crippen molar-refractivity contribution in [1.82, 2.24) is 10.3 Å². The van der Waals surface area contributed by atoms with Gasteiger partial charge in [-0.3, -0.25) is 4.79 Å². The van der Waals surface area contributed by atoms with Crippen LogP contribution in [0.5, 0.6) is 0 Å². The van der Waals surface area contributed by atoms with E-state index in [-0.39, 0.29) is 17.9 Å². The number of amides is 1. The summed E-state index contributed by atoms with van der Waals surface area (Å²) in [7, 11) is 0. The van der Waals surface area contributed by atoms with Crippen molar-refractivity contribution >= 4 is 17.5 Å². The highest BCUT2D eigenvalue weighted by Gasteiger charge is 2.26. The molecule has 118 valence electrons. The van der Waals surface area contributed by atoms with Gasteiger partial charge >= 0.3 is 0 Å². The average Bonchev–Trinajstić information content (AvgIpc) is 2.48. The lowest BCUT2D eigenvalue weighted by molar-refractivity contribution is 0.0851. The summed E-state index contributed by atoms with van der Waals surface area (Å²) in [6.07, 6.45) is 3.38. The van der Waals surface area contributed by atoms with Gasteiger partial charge in [0.15, 0.2) is 0 Å². The van der Waals surface area contributed by atoms with Crippen LogP contribution >= 0.6 is 11.6 Å². The summed E-state index contributed by atoms with van der Waals surface area (Å²) in [5.74, 6) is -0.170. The van der Waals surface area contributed by atoms with E-state index in [0.717, 1.165) is 31.4 Å². The highest BCUT2D eigenvalue weighted by atomic mass is 35.5. The van der Waals surface area contributed by atoms with Crippen molar-refractivity contribution in [2.24, 2.45) is 5.41 Å². The summed E-state index contributed by atoms with van der Waals surface area (Å²) in [6, 6.07) is 3.36. The third-order valence-electron chi connectivity index (χ3n) is 4.07. The summed E-state index contributed by atoms with van der Waals surface area (Å²) in [6.45, 7) is 6.63. The molecule has 0 saturated carbocycles. The first-order valence-electron chi connectivity index (χ1n) is 7.55. The molecule has 0 aromatic carbocycles.